The SMILES string of the molecule is Cc1c([B]OC(C)(C)C(C)(O)[C@H]2CC2C)cccc1NC(=O)c1ccc(C(C)(C)C)cc1. The molecule has 0 saturated heterocycles. The van der Waals surface area contributed by atoms with Crippen LogP contribution in [0.15, 0.2) is 42.5 Å². The highest BCUT2D eigenvalue weighted by atomic mass is 16.5. The molecule has 2 aromatic rings. The molecule has 5 heteroatoms. The molecule has 1 aliphatic rings. The molecular formula is C27H37BNO3. The van der Waals surface area contributed by atoms with Gasteiger partial charge in [-0.05, 0) is 86.2 Å². The number of hydrogen-bond donors (Lipinski definition) is 2. The van der Waals surface area contributed by atoms with E-state index in [9.17, 15) is 9.90 Å². The molecule has 1 aliphatic carbocycles. The van der Waals surface area contributed by atoms with Crippen molar-refractivity contribution in [1.82, 2.24) is 0 Å². The van der Waals surface area contributed by atoms with Gasteiger partial charge in [0, 0.05) is 11.3 Å². The third-order valence-corrected chi connectivity index (χ3v) is 7.17. The van der Waals surface area contributed by atoms with Crippen LogP contribution in [0.2, 0.25) is 0 Å². The Morgan fingerprint density at radius 3 is 2.19 bits per heavy atom. The third kappa shape index (κ3) is 5.10. The van der Waals surface area contributed by atoms with Gasteiger partial charge in [0.15, 0.2) is 0 Å². The first-order chi connectivity index (χ1) is 14.7. The van der Waals surface area contributed by atoms with Gasteiger partial charge in [-0.2, -0.15) is 0 Å². The van der Waals surface area contributed by atoms with Gasteiger partial charge in [0.05, 0.1) is 11.2 Å². The summed E-state index contributed by atoms with van der Waals surface area (Å²) in [6, 6.07) is 13.5. The summed E-state index contributed by atoms with van der Waals surface area (Å²) >= 11 is 0. The average Bonchev–Trinajstić information content (AvgIpc) is 3.45. The Balaban J connectivity index is 1.69. The Bertz CT molecular complexity index is 973. The largest absolute Gasteiger partial charge is 0.427 e. The second kappa shape index (κ2) is 8.68. The van der Waals surface area contributed by atoms with Gasteiger partial charge >= 0.3 is 7.48 Å². The van der Waals surface area contributed by atoms with E-state index < -0.39 is 11.2 Å². The van der Waals surface area contributed by atoms with Gasteiger partial charge in [0.25, 0.3) is 5.91 Å². The molecule has 0 bridgehead atoms. The molecule has 2 aromatic carbocycles. The monoisotopic (exact) mass is 434 g/mol. The van der Waals surface area contributed by atoms with Crippen LogP contribution < -0.4 is 10.8 Å². The van der Waals surface area contributed by atoms with E-state index in [1.807, 2.05) is 70.2 Å². The summed E-state index contributed by atoms with van der Waals surface area (Å²) in [5, 5.41) is 14.1. The lowest BCUT2D eigenvalue weighted by molar-refractivity contribution is -0.118. The molecule has 3 atom stereocenters. The summed E-state index contributed by atoms with van der Waals surface area (Å²) in [6.45, 7) is 16.3. The maximum atomic E-state index is 12.8. The normalized spacial score (nSPS) is 20.4. The molecule has 3 rings (SSSR count). The minimum Gasteiger partial charge on any atom is -0.427 e. The molecule has 171 valence electrons. The minimum absolute atomic E-state index is 0.0474. The number of carbonyl (C=O) groups is 1. The lowest BCUT2D eigenvalue weighted by Gasteiger charge is -2.41. The Labute approximate surface area is 194 Å². The summed E-state index contributed by atoms with van der Waals surface area (Å²) in [6.07, 6.45) is 1.02. The second-order valence-electron chi connectivity index (χ2n) is 11.0. The molecule has 0 spiro atoms. The lowest BCUT2D eigenvalue weighted by Crippen LogP contribution is -2.53. The van der Waals surface area contributed by atoms with Crippen molar-refractivity contribution in [2.24, 2.45) is 11.8 Å². The molecule has 2 N–H and O–H groups in total. The highest BCUT2D eigenvalue weighted by Crippen LogP contribution is 2.50. The number of hydrogen-bond acceptors (Lipinski definition) is 3. The van der Waals surface area contributed by atoms with E-state index in [4.69, 9.17) is 4.65 Å². The Hall–Kier alpha value is -2.11. The van der Waals surface area contributed by atoms with Crippen LogP contribution in [-0.4, -0.2) is 29.7 Å². The molecule has 32 heavy (non-hydrogen) atoms. The molecule has 0 aromatic heterocycles. The molecule has 0 aliphatic heterocycles. The zero-order valence-electron chi connectivity index (χ0n) is 20.7. The summed E-state index contributed by atoms with van der Waals surface area (Å²) in [5.74, 6) is 0.630. The highest BCUT2D eigenvalue weighted by molar-refractivity contribution is 6.48. The van der Waals surface area contributed by atoms with Crippen LogP contribution in [0.3, 0.4) is 0 Å². The highest BCUT2D eigenvalue weighted by Gasteiger charge is 2.54. The smallest absolute Gasteiger partial charge is 0.331 e. The van der Waals surface area contributed by atoms with Gasteiger partial charge < -0.3 is 15.1 Å². The standard InChI is InChI=1S/C27H37BNO3/c1-17-16-21(17)27(8,31)26(6,7)32-28-22-10-9-11-23(18(22)2)29-24(30)19-12-14-20(15-13-19)25(3,4)5/h9-15,17,21,31H,16H2,1-8H3,(H,29,30)/t17?,21-,27?/m0/s1. The van der Waals surface area contributed by atoms with E-state index in [-0.39, 0.29) is 17.2 Å². The number of carbonyl (C=O) groups excluding carboxylic acids is 1. The third-order valence-electron chi connectivity index (χ3n) is 7.17. The fourth-order valence-electron chi connectivity index (χ4n) is 4.11. The molecule has 2 unspecified atom stereocenters. The predicted octanol–water partition coefficient (Wildman–Crippen LogP) is 4.99. The van der Waals surface area contributed by atoms with Crippen LogP contribution >= 0.6 is 0 Å². The fourth-order valence-corrected chi connectivity index (χ4v) is 4.11. The first kappa shape index (κ1) is 24.5. The van der Waals surface area contributed by atoms with Gasteiger partial charge in [0.1, 0.15) is 0 Å². The molecule has 1 amide bonds. The maximum Gasteiger partial charge on any atom is 0.331 e. The first-order valence-electron chi connectivity index (χ1n) is 11.5. The topological polar surface area (TPSA) is 58.6 Å². The zero-order chi connectivity index (χ0) is 23.9. The Kier molecular flexibility index (Phi) is 6.66. The van der Waals surface area contributed by atoms with Crippen LogP contribution in [0.4, 0.5) is 5.69 Å². The summed E-state index contributed by atoms with van der Waals surface area (Å²) < 4.78 is 6.11. The minimum atomic E-state index is -0.915. The van der Waals surface area contributed by atoms with Crippen molar-refractivity contribution in [3.05, 3.63) is 59.2 Å². The molecule has 4 nitrogen and oxygen atoms in total. The lowest BCUT2D eigenvalue weighted by atomic mass is 9.77. The molecule has 0 heterocycles. The summed E-state index contributed by atoms with van der Waals surface area (Å²) in [5.41, 5.74) is 2.75. The van der Waals surface area contributed by atoms with E-state index in [1.54, 1.807) is 7.48 Å². The average molecular weight is 434 g/mol. The van der Waals surface area contributed by atoms with Crippen molar-refractivity contribution in [3.8, 4) is 0 Å². The Morgan fingerprint density at radius 1 is 1.06 bits per heavy atom. The first-order valence-corrected chi connectivity index (χ1v) is 11.5. The number of aliphatic hydroxyl groups is 1. The van der Waals surface area contributed by atoms with E-state index in [2.05, 4.69) is 33.0 Å². The van der Waals surface area contributed by atoms with Crippen molar-refractivity contribution >= 4 is 24.5 Å². The van der Waals surface area contributed by atoms with E-state index in [1.165, 1.54) is 5.56 Å². The molecular weight excluding hydrogens is 397 g/mol. The predicted molar refractivity (Wildman–Crippen MR) is 133 cm³/mol. The van der Waals surface area contributed by atoms with E-state index in [0.717, 1.165) is 23.1 Å². The zero-order valence-corrected chi connectivity index (χ0v) is 20.7. The maximum absolute atomic E-state index is 12.8. The number of nitrogens with one attached hydrogen (secondary N) is 1. The molecule has 1 radical (unpaired) electrons. The second-order valence-corrected chi connectivity index (χ2v) is 11.0. The summed E-state index contributed by atoms with van der Waals surface area (Å²) in [4.78, 5) is 12.8. The van der Waals surface area contributed by atoms with Gasteiger partial charge in [-0.25, -0.2) is 0 Å². The number of benzene rings is 2. The van der Waals surface area contributed by atoms with Crippen LogP contribution in [0.5, 0.6) is 0 Å². The van der Waals surface area contributed by atoms with Crippen LogP contribution in [-0.2, 0) is 10.1 Å². The summed E-state index contributed by atoms with van der Waals surface area (Å²) in [7, 11) is 1.70. The van der Waals surface area contributed by atoms with Crippen molar-refractivity contribution in [2.45, 2.75) is 78.4 Å². The Morgan fingerprint density at radius 2 is 1.66 bits per heavy atom. The van der Waals surface area contributed by atoms with Crippen molar-refractivity contribution < 1.29 is 14.6 Å². The van der Waals surface area contributed by atoms with Gasteiger partial charge in [-0.3, -0.25) is 4.79 Å². The molecule has 1 fully saturated rings. The van der Waals surface area contributed by atoms with Crippen LogP contribution in [0.1, 0.15) is 76.4 Å². The van der Waals surface area contributed by atoms with Crippen molar-refractivity contribution in [1.29, 1.82) is 0 Å². The fraction of sp³-hybridized carbons (Fsp3) is 0.519. The van der Waals surface area contributed by atoms with E-state index >= 15 is 0 Å². The van der Waals surface area contributed by atoms with Crippen LogP contribution in [0, 0.1) is 18.8 Å². The molecule has 1 saturated carbocycles. The number of amides is 1. The quantitative estimate of drug-likeness (QED) is 0.604. The van der Waals surface area contributed by atoms with Crippen molar-refractivity contribution in [2.75, 3.05) is 5.32 Å². The van der Waals surface area contributed by atoms with Crippen molar-refractivity contribution in [3.63, 3.8) is 0 Å². The van der Waals surface area contributed by atoms with E-state index in [0.29, 0.717) is 11.5 Å². The van der Waals surface area contributed by atoms with Crippen LogP contribution in [0.25, 0.3) is 0 Å². The number of anilines is 1. The van der Waals surface area contributed by atoms with Gasteiger partial charge in [-0.15, -0.1) is 0 Å². The van der Waals surface area contributed by atoms with Gasteiger partial charge in [0.2, 0.25) is 0 Å². The van der Waals surface area contributed by atoms with Gasteiger partial charge in [-0.1, -0.05) is 52.0 Å². The number of rotatable bonds is 7.